The van der Waals surface area contributed by atoms with Gasteiger partial charge in [-0.1, -0.05) is 0 Å². The molecule has 3 nitrogen and oxygen atoms in total. The van der Waals surface area contributed by atoms with Gasteiger partial charge in [-0.15, -0.1) is 0 Å². The Morgan fingerprint density at radius 1 is 0.400 bits per heavy atom. The largest absolute Gasteiger partial charge is 0.412 e. The summed E-state index contributed by atoms with van der Waals surface area (Å²) in [4.78, 5) is 0. The molecule has 0 aliphatic heterocycles. The molecule has 0 atom stereocenters. The number of hydrogen-bond donors (Lipinski definition) is 0. The molecule has 0 saturated carbocycles. The van der Waals surface area contributed by atoms with E-state index in [1.165, 1.54) is 0 Å². The first-order valence-electron chi connectivity index (χ1n) is 0. The fourth-order valence-corrected chi connectivity index (χ4v) is 0. The maximum Gasteiger partial charge on any atom is 0 e. The summed E-state index contributed by atoms with van der Waals surface area (Å²) in [6.45, 7) is 0. The summed E-state index contributed by atoms with van der Waals surface area (Å²) in [5.41, 5.74) is 0. The molecule has 0 amide bonds. The minimum Gasteiger partial charge on any atom is -0.412 e. The molecule has 0 aliphatic carbocycles. The third-order valence-corrected chi connectivity index (χ3v) is 0. The second kappa shape index (κ2) is 31.9. The Kier molecular flexibility index (Phi) is 329. The summed E-state index contributed by atoms with van der Waals surface area (Å²) < 4.78 is 0. The minimum absolute atomic E-state index is 0. The van der Waals surface area contributed by atoms with E-state index >= 15 is 0 Å². The topological polar surface area (TPSA) is 94.5 Å². The summed E-state index contributed by atoms with van der Waals surface area (Å²) in [7, 11) is 0. The first-order valence-corrected chi connectivity index (χ1v) is 0. The second-order valence-electron chi connectivity index (χ2n) is 0. The fraction of sp³-hybridized carbons (Fsp3) is 0. The van der Waals surface area contributed by atoms with Gasteiger partial charge in [-0.2, -0.15) is 0 Å². The van der Waals surface area contributed by atoms with Crippen molar-refractivity contribution in [1.82, 2.24) is 0 Å². The minimum atomic E-state index is 0. The Hall–Kier alpha value is 2.45. The van der Waals surface area contributed by atoms with Gasteiger partial charge in [-0.25, -0.2) is 0 Å². The molecule has 0 aromatic heterocycles. The maximum atomic E-state index is 0. The van der Waals surface area contributed by atoms with Crippen LogP contribution in [0.25, 0.3) is 0 Å². The predicted octanol–water partition coefficient (Wildman–Crippen LogP) is -2.47. The van der Waals surface area contributed by atoms with Crippen molar-refractivity contribution < 1.29 is 93.7 Å². The second-order valence-corrected chi connectivity index (χ2v) is 0. The van der Waals surface area contributed by atoms with E-state index in [0.717, 1.165) is 0 Å². The van der Waals surface area contributed by atoms with Crippen LogP contribution < -0.4 is 0 Å². The molecule has 0 bridgehead atoms. The zero-order chi connectivity index (χ0) is 0. The molecule has 6 N–H and O–H groups in total. The summed E-state index contributed by atoms with van der Waals surface area (Å²) in [5, 5.41) is 0. The molecule has 0 rings (SSSR count). The monoisotopic (exact) mass is 372 g/mol. The Bertz CT molecular complexity index is 4.85. The molecule has 0 saturated heterocycles. The van der Waals surface area contributed by atoms with Crippen molar-refractivity contribution in [2.24, 2.45) is 0 Å². The van der Waals surface area contributed by atoms with E-state index in [-0.39, 0.29) is 93.7 Å². The van der Waals surface area contributed by atoms with Crippen molar-refractivity contribution in [3.63, 3.8) is 0 Å². The van der Waals surface area contributed by atoms with Gasteiger partial charge in [-0.05, 0) is 0 Å². The van der Waals surface area contributed by atoms with E-state index < -0.39 is 0 Å². The van der Waals surface area contributed by atoms with Crippen LogP contribution in [0.4, 0.5) is 0 Å². The molecule has 0 fully saturated rings. The SMILES string of the molecule is O.O.O.[Tb].[Tb]. The van der Waals surface area contributed by atoms with Crippen LogP contribution in [0, 0.1) is 77.2 Å². The third kappa shape index (κ3) is 21.3. The summed E-state index contributed by atoms with van der Waals surface area (Å²) in [6.07, 6.45) is 0. The summed E-state index contributed by atoms with van der Waals surface area (Å²) >= 11 is 0. The zero-order valence-electron chi connectivity index (χ0n) is 2.17. The third-order valence-electron chi connectivity index (χ3n) is 0. The van der Waals surface area contributed by atoms with Crippen LogP contribution in [0.1, 0.15) is 0 Å². The predicted molar refractivity (Wildman–Crippen MR) is 10.8 cm³/mol. The van der Waals surface area contributed by atoms with Crippen LogP contribution in [0.5, 0.6) is 0 Å². The fourth-order valence-electron chi connectivity index (χ4n) is 0. The Labute approximate surface area is 91.7 Å². The summed E-state index contributed by atoms with van der Waals surface area (Å²) in [5.74, 6) is 0. The van der Waals surface area contributed by atoms with Gasteiger partial charge in [0, 0.05) is 77.2 Å². The Morgan fingerprint density at radius 3 is 0.400 bits per heavy atom. The molecule has 0 aromatic carbocycles. The van der Waals surface area contributed by atoms with Crippen molar-refractivity contribution >= 4 is 0 Å². The van der Waals surface area contributed by atoms with Gasteiger partial charge < -0.3 is 16.4 Å². The quantitative estimate of drug-likeness (QED) is 0.451. The van der Waals surface area contributed by atoms with Crippen LogP contribution in [0.2, 0.25) is 0 Å². The molecule has 0 spiro atoms. The van der Waals surface area contributed by atoms with E-state index in [1.54, 1.807) is 0 Å². The van der Waals surface area contributed by atoms with E-state index in [9.17, 15) is 0 Å². The van der Waals surface area contributed by atoms with Crippen LogP contribution in [0.15, 0.2) is 0 Å². The molecule has 0 aromatic rings. The van der Waals surface area contributed by atoms with Gasteiger partial charge in [-0.3, -0.25) is 0 Å². The molecule has 2 radical (unpaired) electrons. The number of rotatable bonds is 0. The normalized spacial score (nSPS) is 0. The number of hydrogen-bond acceptors (Lipinski definition) is 0. The van der Waals surface area contributed by atoms with Crippen molar-refractivity contribution in [3.05, 3.63) is 0 Å². The molecule has 42 valence electrons. The van der Waals surface area contributed by atoms with Crippen LogP contribution >= 0.6 is 0 Å². The van der Waals surface area contributed by atoms with Crippen LogP contribution in [-0.4, -0.2) is 16.4 Å². The molecule has 0 unspecified atom stereocenters. The molecule has 0 heterocycles. The average Bonchev–Trinajstić information content (AvgIpc) is 0. The first kappa shape index (κ1) is 51.6. The smallest absolute Gasteiger partial charge is 0 e. The Morgan fingerprint density at radius 2 is 0.400 bits per heavy atom. The zero-order valence-corrected chi connectivity index (χ0v) is 6.44. The van der Waals surface area contributed by atoms with E-state index in [4.69, 9.17) is 0 Å². The molecule has 5 heteroatoms. The van der Waals surface area contributed by atoms with Gasteiger partial charge in [0.15, 0.2) is 0 Å². The molecular formula is H6O3Tb2. The first-order chi connectivity index (χ1) is 0. The molecular weight excluding hydrogens is 366 g/mol. The van der Waals surface area contributed by atoms with Crippen molar-refractivity contribution in [3.8, 4) is 0 Å². The molecule has 5 heavy (non-hydrogen) atoms. The van der Waals surface area contributed by atoms with Crippen LogP contribution in [0.3, 0.4) is 0 Å². The van der Waals surface area contributed by atoms with E-state index in [0.29, 0.717) is 0 Å². The van der Waals surface area contributed by atoms with E-state index in [2.05, 4.69) is 0 Å². The van der Waals surface area contributed by atoms with Crippen molar-refractivity contribution in [1.29, 1.82) is 0 Å². The standard InChI is InChI=1S/3H2O.2Tb/h3*1H2;;. The maximum absolute atomic E-state index is 0. The van der Waals surface area contributed by atoms with Gasteiger partial charge in [0.1, 0.15) is 0 Å². The summed E-state index contributed by atoms with van der Waals surface area (Å²) in [6, 6.07) is 0. The van der Waals surface area contributed by atoms with Gasteiger partial charge in [0.25, 0.3) is 0 Å². The van der Waals surface area contributed by atoms with Gasteiger partial charge >= 0.3 is 0 Å². The van der Waals surface area contributed by atoms with Crippen molar-refractivity contribution in [2.45, 2.75) is 0 Å². The molecule has 0 aliphatic rings. The Balaban J connectivity index is 0. The van der Waals surface area contributed by atoms with Gasteiger partial charge in [0.2, 0.25) is 0 Å². The van der Waals surface area contributed by atoms with Gasteiger partial charge in [0.05, 0.1) is 0 Å². The van der Waals surface area contributed by atoms with Crippen molar-refractivity contribution in [2.75, 3.05) is 0 Å². The van der Waals surface area contributed by atoms with Crippen LogP contribution in [-0.2, 0) is 0 Å². The average molecular weight is 372 g/mol. The van der Waals surface area contributed by atoms with E-state index in [1.807, 2.05) is 0 Å².